The Bertz CT molecular complexity index is 424. The lowest BCUT2D eigenvalue weighted by atomic mass is 10.3. The van der Waals surface area contributed by atoms with Crippen molar-refractivity contribution < 1.29 is 0 Å². The topological polar surface area (TPSA) is 60.0 Å². The highest BCUT2D eigenvalue weighted by Gasteiger charge is 2.05. The molecular weight excluding hydrogens is 258 g/mol. The van der Waals surface area contributed by atoms with Crippen LogP contribution in [0.3, 0.4) is 0 Å². The van der Waals surface area contributed by atoms with Crippen molar-refractivity contribution in [2.45, 2.75) is 13.1 Å². The molecule has 0 saturated heterocycles. The van der Waals surface area contributed by atoms with E-state index in [2.05, 4.69) is 22.0 Å². The quantitative estimate of drug-likeness (QED) is 0.917. The van der Waals surface area contributed by atoms with Crippen molar-refractivity contribution in [2.24, 2.45) is 7.05 Å². The van der Waals surface area contributed by atoms with E-state index < -0.39 is 0 Å². The van der Waals surface area contributed by atoms with E-state index >= 15 is 0 Å². The fraction of sp³-hybridized carbons (Fsp3) is 0.400. The van der Waals surface area contributed by atoms with Gasteiger partial charge in [-0.15, -0.1) is 23.7 Å². The minimum absolute atomic E-state index is 0. The lowest BCUT2D eigenvalue weighted by molar-refractivity contribution is 0.321. The minimum atomic E-state index is 0. The fourth-order valence-corrected chi connectivity index (χ4v) is 2.35. The number of aromatic nitrogens is 3. The first-order chi connectivity index (χ1) is 7.63. The number of halogens is 1. The molecular formula is C10H16ClN5S. The van der Waals surface area contributed by atoms with Gasteiger partial charge in [-0.3, -0.25) is 9.58 Å². The Morgan fingerprint density at radius 3 is 2.71 bits per heavy atom. The van der Waals surface area contributed by atoms with Gasteiger partial charge in [0, 0.05) is 43.0 Å². The van der Waals surface area contributed by atoms with Crippen molar-refractivity contribution in [3.05, 3.63) is 29.0 Å². The molecule has 5 nitrogen and oxygen atoms in total. The summed E-state index contributed by atoms with van der Waals surface area (Å²) >= 11 is 1.54. The van der Waals surface area contributed by atoms with E-state index in [1.54, 1.807) is 0 Å². The highest BCUT2D eigenvalue weighted by Crippen LogP contribution is 2.16. The number of nitrogens with zero attached hydrogens (tertiary/aromatic N) is 4. The summed E-state index contributed by atoms with van der Waals surface area (Å²) in [6.07, 6.45) is 5.74. The number of rotatable bonds is 4. The van der Waals surface area contributed by atoms with Gasteiger partial charge in [0.2, 0.25) is 0 Å². The first-order valence-electron chi connectivity index (χ1n) is 5.00. The number of nitrogen functional groups attached to an aromatic ring is 1. The SMILES string of the molecule is CN(Cc1cnn(C)c1)Cc1cnc(N)s1.Cl. The molecule has 0 spiro atoms. The molecule has 7 heteroatoms. The molecule has 17 heavy (non-hydrogen) atoms. The maximum absolute atomic E-state index is 5.59. The largest absolute Gasteiger partial charge is 0.375 e. The zero-order valence-corrected chi connectivity index (χ0v) is 11.5. The second kappa shape index (κ2) is 6.00. The van der Waals surface area contributed by atoms with Crippen LogP contribution in [0.1, 0.15) is 10.4 Å². The summed E-state index contributed by atoms with van der Waals surface area (Å²) in [5.74, 6) is 0. The zero-order valence-electron chi connectivity index (χ0n) is 9.83. The van der Waals surface area contributed by atoms with Gasteiger partial charge in [-0.25, -0.2) is 4.98 Å². The van der Waals surface area contributed by atoms with Crippen LogP contribution in [-0.4, -0.2) is 26.7 Å². The molecule has 2 heterocycles. The third kappa shape index (κ3) is 3.99. The molecule has 0 atom stereocenters. The van der Waals surface area contributed by atoms with Gasteiger partial charge < -0.3 is 5.73 Å². The van der Waals surface area contributed by atoms with Gasteiger partial charge >= 0.3 is 0 Å². The Balaban J connectivity index is 0.00000144. The van der Waals surface area contributed by atoms with Crippen LogP contribution >= 0.6 is 23.7 Å². The van der Waals surface area contributed by atoms with Crippen molar-refractivity contribution in [2.75, 3.05) is 12.8 Å². The predicted molar refractivity (Wildman–Crippen MR) is 72.2 cm³/mol. The molecule has 2 N–H and O–H groups in total. The molecule has 0 bridgehead atoms. The highest BCUT2D eigenvalue weighted by molar-refractivity contribution is 7.15. The number of nitrogens with two attached hydrogens (primary N) is 1. The Morgan fingerprint density at radius 2 is 2.18 bits per heavy atom. The summed E-state index contributed by atoms with van der Waals surface area (Å²) in [6.45, 7) is 1.75. The molecule has 2 aromatic heterocycles. The lowest BCUT2D eigenvalue weighted by Gasteiger charge is -2.13. The smallest absolute Gasteiger partial charge is 0.180 e. The molecule has 94 valence electrons. The number of aryl methyl sites for hydroxylation is 1. The summed E-state index contributed by atoms with van der Waals surface area (Å²) < 4.78 is 1.81. The standard InChI is InChI=1S/C10H15N5S.ClH/c1-14(5-8-3-13-15(2)6-8)7-9-4-12-10(11)16-9;/h3-4,6H,5,7H2,1-2H3,(H2,11,12);1H. The van der Waals surface area contributed by atoms with Gasteiger partial charge in [0.15, 0.2) is 5.13 Å². The molecule has 0 fully saturated rings. The van der Waals surface area contributed by atoms with Gasteiger partial charge in [0.25, 0.3) is 0 Å². The summed E-state index contributed by atoms with van der Waals surface area (Å²) in [6, 6.07) is 0. The van der Waals surface area contributed by atoms with Crippen LogP contribution in [-0.2, 0) is 20.1 Å². The van der Waals surface area contributed by atoms with Crippen LogP contribution in [0.2, 0.25) is 0 Å². The summed E-state index contributed by atoms with van der Waals surface area (Å²) in [5.41, 5.74) is 6.80. The van der Waals surface area contributed by atoms with Crippen LogP contribution in [0.25, 0.3) is 0 Å². The number of thiazole rings is 1. The van der Waals surface area contributed by atoms with E-state index in [9.17, 15) is 0 Å². The van der Waals surface area contributed by atoms with E-state index in [-0.39, 0.29) is 12.4 Å². The van der Waals surface area contributed by atoms with Crippen LogP contribution in [0, 0.1) is 0 Å². The second-order valence-corrected chi connectivity index (χ2v) is 5.01. The molecule has 0 unspecified atom stereocenters. The van der Waals surface area contributed by atoms with E-state index in [0.717, 1.165) is 13.1 Å². The fourth-order valence-electron chi connectivity index (χ4n) is 1.58. The molecule has 0 aromatic carbocycles. The highest BCUT2D eigenvalue weighted by atomic mass is 35.5. The predicted octanol–water partition coefficient (Wildman–Crippen LogP) is 1.51. The van der Waals surface area contributed by atoms with E-state index in [0.29, 0.717) is 5.13 Å². The third-order valence-electron chi connectivity index (χ3n) is 2.21. The van der Waals surface area contributed by atoms with Crippen molar-refractivity contribution in [3.8, 4) is 0 Å². The first kappa shape index (κ1) is 14.0. The van der Waals surface area contributed by atoms with E-state index in [4.69, 9.17) is 5.73 Å². The summed E-state index contributed by atoms with van der Waals surface area (Å²) in [4.78, 5) is 7.43. The molecule has 0 aliphatic heterocycles. The summed E-state index contributed by atoms with van der Waals surface area (Å²) in [5, 5.41) is 4.77. The average Bonchev–Trinajstić information content (AvgIpc) is 2.76. The Kier molecular flexibility index (Phi) is 4.92. The number of hydrogen-bond acceptors (Lipinski definition) is 5. The minimum Gasteiger partial charge on any atom is -0.375 e. The van der Waals surface area contributed by atoms with Crippen LogP contribution < -0.4 is 5.73 Å². The number of hydrogen-bond donors (Lipinski definition) is 1. The zero-order chi connectivity index (χ0) is 11.5. The number of anilines is 1. The molecule has 0 saturated carbocycles. The molecule has 0 aliphatic rings. The lowest BCUT2D eigenvalue weighted by Crippen LogP contribution is -2.16. The van der Waals surface area contributed by atoms with E-state index in [1.165, 1.54) is 21.8 Å². The molecule has 0 radical (unpaired) electrons. The summed E-state index contributed by atoms with van der Waals surface area (Å²) in [7, 11) is 4.00. The third-order valence-corrected chi connectivity index (χ3v) is 3.02. The molecule has 2 rings (SSSR count). The Morgan fingerprint density at radius 1 is 1.41 bits per heavy atom. The first-order valence-corrected chi connectivity index (χ1v) is 5.81. The van der Waals surface area contributed by atoms with Gasteiger partial charge in [-0.05, 0) is 7.05 Å². The van der Waals surface area contributed by atoms with E-state index in [1.807, 2.05) is 30.3 Å². The van der Waals surface area contributed by atoms with Crippen LogP contribution in [0.15, 0.2) is 18.6 Å². The molecule has 2 aromatic rings. The maximum Gasteiger partial charge on any atom is 0.180 e. The van der Waals surface area contributed by atoms with Crippen molar-refractivity contribution in [1.29, 1.82) is 0 Å². The van der Waals surface area contributed by atoms with Crippen LogP contribution in [0.5, 0.6) is 0 Å². The van der Waals surface area contributed by atoms with Gasteiger partial charge in [-0.1, -0.05) is 0 Å². The van der Waals surface area contributed by atoms with Crippen molar-refractivity contribution in [3.63, 3.8) is 0 Å². The van der Waals surface area contributed by atoms with Crippen LogP contribution in [0.4, 0.5) is 5.13 Å². The maximum atomic E-state index is 5.59. The van der Waals surface area contributed by atoms with Crippen molar-refractivity contribution >= 4 is 28.9 Å². The van der Waals surface area contributed by atoms with Gasteiger partial charge in [0.1, 0.15) is 0 Å². The monoisotopic (exact) mass is 273 g/mol. The Hall–Kier alpha value is -1.11. The van der Waals surface area contributed by atoms with Gasteiger partial charge in [-0.2, -0.15) is 5.10 Å². The Labute approximate surface area is 111 Å². The average molecular weight is 274 g/mol. The van der Waals surface area contributed by atoms with Gasteiger partial charge in [0.05, 0.1) is 6.20 Å². The molecule has 0 amide bonds. The molecule has 0 aliphatic carbocycles. The van der Waals surface area contributed by atoms with Crippen molar-refractivity contribution in [1.82, 2.24) is 19.7 Å². The second-order valence-electron chi connectivity index (χ2n) is 3.86. The normalized spacial score (nSPS) is 10.5.